The van der Waals surface area contributed by atoms with E-state index in [1.807, 2.05) is 0 Å². The summed E-state index contributed by atoms with van der Waals surface area (Å²) >= 11 is 0. The Balaban J connectivity index is 1.68. The predicted octanol–water partition coefficient (Wildman–Crippen LogP) is 5.08. The third-order valence-corrected chi connectivity index (χ3v) is 5.46. The molecule has 1 atom stereocenters. The van der Waals surface area contributed by atoms with Crippen molar-refractivity contribution < 1.29 is 4.74 Å². The van der Waals surface area contributed by atoms with Gasteiger partial charge < -0.3 is 4.74 Å². The van der Waals surface area contributed by atoms with Crippen LogP contribution in [0.2, 0.25) is 0 Å². The molecule has 1 unspecified atom stereocenters. The summed E-state index contributed by atoms with van der Waals surface area (Å²) in [5.41, 5.74) is 0. The molecule has 0 aromatic carbocycles. The van der Waals surface area contributed by atoms with Gasteiger partial charge in [-0.25, -0.2) is 0 Å². The van der Waals surface area contributed by atoms with Crippen LogP contribution >= 0.6 is 0 Å². The van der Waals surface area contributed by atoms with Crippen LogP contribution in [0.15, 0.2) is 0 Å². The molecular formula is C18H31NO. The van der Waals surface area contributed by atoms with Gasteiger partial charge in [0.2, 0.25) is 0 Å². The highest BCUT2D eigenvalue weighted by molar-refractivity contribution is 4.89. The second-order valence-electron chi connectivity index (χ2n) is 7.01. The lowest BCUT2D eigenvalue weighted by molar-refractivity contribution is -0.0373. The number of nitriles is 1. The van der Waals surface area contributed by atoms with Crippen molar-refractivity contribution in [1.29, 1.82) is 5.26 Å². The van der Waals surface area contributed by atoms with Gasteiger partial charge in [0.15, 0.2) is 0 Å². The fourth-order valence-corrected chi connectivity index (χ4v) is 4.22. The first kappa shape index (κ1) is 15.8. The Morgan fingerprint density at radius 2 is 1.55 bits per heavy atom. The van der Waals surface area contributed by atoms with E-state index in [4.69, 9.17) is 10.00 Å². The van der Waals surface area contributed by atoms with E-state index in [1.165, 1.54) is 51.4 Å². The Bertz CT molecular complexity index is 306. The molecule has 2 rings (SSSR count). The first-order chi connectivity index (χ1) is 9.72. The molecule has 2 nitrogen and oxygen atoms in total. The van der Waals surface area contributed by atoms with E-state index < -0.39 is 0 Å². The average Bonchev–Trinajstić information content (AvgIpc) is 2.48. The van der Waals surface area contributed by atoms with Gasteiger partial charge in [-0.3, -0.25) is 0 Å². The molecule has 2 heteroatoms. The van der Waals surface area contributed by atoms with Crippen LogP contribution in [0.3, 0.4) is 0 Å². The van der Waals surface area contributed by atoms with Crippen LogP contribution < -0.4 is 0 Å². The monoisotopic (exact) mass is 277 g/mol. The molecule has 114 valence electrons. The standard InChI is InChI=1S/C18H31NO/c1-3-4-14(2)20-18-11-9-17(10-12-18)16-7-5-15(13-19)6-8-16/h14-18H,3-12H2,1-2H3. The first-order valence-corrected chi connectivity index (χ1v) is 8.78. The number of hydrogen-bond acceptors (Lipinski definition) is 2. The minimum Gasteiger partial charge on any atom is -0.375 e. The van der Waals surface area contributed by atoms with Crippen LogP contribution in [0, 0.1) is 29.1 Å². The van der Waals surface area contributed by atoms with Gasteiger partial charge in [0.25, 0.3) is 0 Å². The maximum Gasteiger partial charge on any atom is 0.0655 e. The SMILES string of the molecule is CCCC(C)OC1CCC(C2CCC(C#N)CC2)CC1. The molecule has 0 aliphatic heterocycles. The van der Waals surface area contributed by atoms with Gasteiger partial charge in [0.05, 0.1) is 18.3 Å². The smallest absolute Gasteiger partial charge is 0.0655 e. The summed E-state index contributed by atoms with van der Waals surface area (Å²) in [6.07, 6.45) is 13.5. The van der Waals surface area contributed by atoms with Gasteiger partial charge in [-0.1, -0.05) is 13.3 Å². The average molecular weight is 277 g/mol. The fourth-order valence-electron chi connectivity index (χ4n) is 4.22. The van der Waals surface area contributed by atoms with E-state index in [1.54, 1.807) is 0 Å². The number of hydrogen-bond donors (Lipinski definition) is 0. The molecule has 2 aliphatic carbocycles. The molecule has 2 aliphatic rings. The van der Waals surface area contributed by atoms with Crippen molar-refractivity contribution in [3.8, 4) is 6.07 Å². The zero-order valence-electron chi connectivity index (χ0n) is 13.3. The second kappa shape index (κ2) is 8.03. The zero-order chi connectivity index (χ0) is 14.4. The number of ether oxygens (including phenoxy) is 1. The molecule has 2 fully saturated rings. The minimum atomic E-state index is 0.348. The lowest BCUT2D eigenvalue weighted by Gasteiger charge is -2.37. The molecule has 0 aromatic heterocycles. The minimum absolute atomic E-state index is 0.348. The summed E-state index contributed by atoms with van der Waals surface area (Å²) in [5, 5.41) is 8.98. The van der Waals surface area contributed by atoms with Crippen molar-refractivity contribution in [3.63, 3.8) is 0 Å². The molecule has 0 radical (unpaired) electrons. The molecule has 0 spiro atoms. The Morgan fingerprint density at radius 3 is 2.05 bits per heavy atom. The van der Waals surface area contributed by atoms with Gasteiger partial charge in [0, 0.05) is 5.92 Å². The summed E-state index contributed by atoms with van der Waals surface area (Å²) in [4.78, 5) is 0. The largest absolute Gasteiger partial charge is 0.375 e. The normalized spacial score (nSPS) is 36.2. The molecule has 0 amide bonds. The third-order valence-electron chi connectivity index (χ3n) is 5.46. The van der Waals surface area contributed by atoms with Crippen LogP contribution in [-0.2, 0) is 4.74 Å². The molecular weight excluding hydrogens is 246 g/mol. The summed E-state index contributed by atoms with van der Waals surface area (Å²) in [5.74, 6) is 2.16. The van der Waals surface area contributed by atoms with E-state index in [-0.39, 0.29) is 0 Å². The highest BCUT2D eigenvalue weighted by atomic mass is 16.5. The van der Waals surface area contributed by atoms with Crippen LogP contribution in [0.25, 0.3) is 0 Å². The fraction of sp³-hybridized carbons (Fsp3) is 0.944. The summed E-state index contributed by atoms with van der Waals surface area (Å²) < 4.78 is 6.16. The number of nitrogens with zero attached hydrogens (tertiary/aromatic N) is 1. The molecule has 0 saturated heterocycles. The summed E-state index contributed by atoms with van der Waals surface area (Å²) in [6, 6.07) is 2.45. The van der Waals surface area contributed by atoms with Gasteiger partial charge >= 0.3 is 0 Å². The maximum atomic E-state index is 8.98. The van der Waals surface area contributed by atoms with Crippen molar-refractivity contribution in [3.05, 3.63) is 0 Å². The summed E-state index contributed by atoms with van der Waals surface area (Å²) in [7, 11) is 0. The molecule has 0 heterocycles. The molecule has 2 saturated carbocycles. The van der Waals surface area contributed by atoms with Crippen molar-refractivity contribution in [2.45, 2.75) is 90.3 Å². The molecule has 20 heavy (non-hydrogen) atoms. The molecule has 0 bridgehead atoms. The maximum absolute atomic E-state index is 8.98. The Morgan fingerprint density at radius 1 is 1.00 bits per heavy atom. The lowest BCUT2D eigenvalue weighted by Crippen LogP contribution is -2.30. The van der Waals surface area contributed by atoms with Crippen LogP contribution in [0.1, 0.15) is 78.1 Å². The Hall–Kier alpha value is -0.550. The Kier molecular flexibility index (Phi) is 6.36. The molecule has 0 aromatic rings. The topological polar surface area (TPSA) is 33.0 Å². The van der Waals surface area contributed by atoms with Crippen LogP contribution in [0.4, 0.5) is 0 Å². The highest BCUT2D eigenvalue weighted by Crippen LogP contribution is 2.40. The Labute approximate surface area is 124 Å². The molecule has 0 N–H and O–H groups in total. The van der Waals surface area contributed by atoms with E-state index in [0.29, 0.717) is 18.1 Å². The second-order valence-corrected chi connectivity index (χ2v) is 7.01. The van der Waals surface area contributed by atoms with Gasteiger partial charge in [-0.2, -0.15) is 5.26 Å². The summed E-state index contributed by atoms with van der Waals surface area (Å²) in [6.45, 7) is 4.45. The zero-order valence-corrected chi connectivity index (χ0v) is 13.3. The van der Waals surface area contributed by atoms with E-state index >= 15 is 0 Å². The van der Waals surface area contributed by atoms with E-state index in [9.17, 15) is 0 Å². The van der Waals surface area contributed by atoms with E-state index in [2.05, 4.69) is 19.9 Å². The van der Waals surface area contributed by atoms with Gasteiger partial charge in [0.1, 0.15) is 0 Å². The lowest BCUT2D eigenvalue weighted by atomic mass is 9.71. The third kappa shape index (κ3) is 4.48. The van der Waals surface area contributed by atoms with Crippen molar-refractivity contribution in [2.24, 2.45) is 17.8 Å². The number of rotatable bonds is 5. The first-order valence-electron chi connectivity index (χ1n) is 8.78. The van der Waals surface area contributed by atoms with Crippen molar-refractivity contribution >= 4 is 0 Å². The highest BCUT2D eigenvalue weighted by Gasteiger charge is 2.31. The van der Waals surface area contributed by atoms with Gasteiger partial charge in [-0.15, -0.1) is 0 Å². The predicted molar refractivity (Wildman–Crippen MR) is 82.3 cm³/mol. The van der Waals surface area contributed by atoms with Crippen molar-refractivity contribution in [1.82, 2.24) is 0 Å². The van der Waals surface area contributed by atoms with Crippen LogP contribution in [0.5, 0.6) is 0 Å². The van der Waals surface area contributed by atoms with Crippen molar-refractivity contribution in [2.75, 3.05) is 0 Å². The van der Waals surface area contributed by atoms with E-state index in [0.717, 1.165) is 24.7 Å². The van der Waals surface area contributed by atoms with Crippen LogP contribution in [-0.4, -0.2) is 12.2 Å². The van der Waals surface area contributed by atoms with Gasteiger partial charge in [-0.05, 0) is 76.5 Å². The quantitative estimate of drug-likeness (QED) is 0.702.